The number of nitrogens with one attached hydrogen (secondary N) is 1. The van der Waals surface area contributed by atoms with Gasteiger partial charge in [0.1, 0.15) is 5.56 Å². The van der Waals surface area contributed by atoms with Gasteiger partial charge < -0.3 is 5.11 Å². The molecule has 29 heavy (non-hydrogen) atoms. The van der Waals surface area contributed by atoms with Crippen LogP contribution in [0.25, 0.3) is 17.8 Å². The van der Waals surface area contributed by atoms with Crippen molar-refractivity contribution in [2.45, 2.75) is 6.18 Å². The highest BCUT2D eigenvalue weighted by atomic mass is 32.1. The Morgan fingerprint density at radius 1 is 1.10 bits per heavy atom. The average molecular weight is 415 g/mol. The van der Waals surface area contributed by atoms with E-state index < -0.39 is 23.2 Å². The summed E-state index contributed by atoms with van der Waals surface area (Å²) >= 11 is 5.09. The monoisotopic (exact) mass is 415 g/mol. The molecule has 2 heterocycles. The lowest BCUT2D eigenvalue weighted by atomic mass is 10.2. The standard InChI is InChI=1S/C20H12F3N3O2S/c21-20(22,23)12-5-7-14(8-6-12)26-18(28)15(17(27)25-19(26)29)10-13-9-11-3-1-2-4-16(11)24-13/h1-10,28H,(H,25,27,29). The third kappa shape index (κ3) is 3.52. The Balaban J connectivity index is 1.85. The van der Waals surface area contributed by atoms with E-state index in [0.29, 0.717) is 5.70 Å². The summed E-state index contributed by atoms with van der Waals surface area (Å²) in [6.45, 7) is 0. The normalized spacial score (nSPS) is 14.4. The lowest BCUT2D eigenvalue weighted by Gasteiger charge is -2.13. The van der Waals surface area contributed by atoms with Crippen molar-refractivity contribution in [3.8, 4) is 11.6 Å². The predicted octanol–water partition coefficient (Wildman–Crippen LogP) is 3.07. The van der Waals surface area contributed by atoms with Crippen molar-refractivity contribution in [2.75, 3.05) is 0 Å². The lowest BCUT2D eigenvalue weighted by Crippen LogP contribution is -2.19. The second kappa shape index (κ2) is 6.85. The van der Waals surface area contributed by atoms with Crippen LogP contribution in [0, 0.1) is 4.77 Å². The van der Waals surface area contributed by atoms with E-state index in [-0.39, 0.29) is 16.0 Å². The molecule has 0 atom stereocenters. The molecular weight excluding hydrogens is 403 g/mol. The van der Waals surface area contributed by atoms with Gasteiger partial charge in [0.15, 0.2) is 4.77 Å². The van der Waals surface area contributed by atoms with Gasteiger partial charge in [0.2, 0.25) is 5.88 Å². The van der Waals surface area contributed by atoms with E-state index in [1.807, 2.05) is 24.3 Å². The zero-order chi connectivity index (χ0) is 20.8. The van der Waals surface area contributed by atoms with Crippen molar-refractivity contribution in [2.24, 2.45) is 4.99 Å². The van der Waals surface area contributed by atoms with Gasteiger partial charge in [-0.15, -0.1) is 0 Å². The number of hydrogen-bond donors (Lipinski definition) is 2. The van der Waals surface area contributed by atoms with Crippen LogP contribution in [0.2, 0.25) is 0 Å². The number of rotatable bonds is 2. The van der Waals surface area contributed by atoms with E-state index in [1.54, 1.807) is 6.08 Å². The number of aromatic amines is 1. The van der Waals surface area contributed by atoms with E-state index in [4.69, 9.17) is 12.2 Å². The molecule has 0 unspecified atom stereocenters. The number of H-pyrrole nitrogens is 1. The minimum absolute atomic E-state index is 0.110. The molecule has 0 saturated carbocycles. The molecule has 0 bridgehead atoms. The van der Waals surface area contributed by atoms with Gasteiger partial charge in [0.25, 0.3) is 5.56 Å². The Morgan fingerprint density at radius 3 is 2.45 bits per heavy atom. The average Bonchev–Trinajstić information content (AvgIpc) is 3.07. The number of allylic oxidation sites excluding steroid dienone is 1. The number of aromatic hydroxyl groups is 1. The first-order chi connectivity index (χ1) is 13.7. The summed E-state index contributed by atoms with van der Waals surface area (Å²) in [6.07, 6.45) is -1.35. The van der Waals surface area contributed by atoms with Crippen LogP contribution in [-0.4, -0.2) is 14.7 Å². The first kappa shape index (κ1) is 18.9. The Kier molecular flexibility index (Phi) is 4.46. The van der Waals surface area contributed by atoms with Crippen molar-refractivity contribution in [3.05, 3.63) is 91.1 Å². The fourth-order valence-corrected chi connectivity index (χ4v) is 3.26. The smallest absolute Gasteiger partial charge is 0.416 e. The van der Waals surface area contributed by atoms with Crippen molar-refractivity contribution in [1.29, 1.82) is 0 Å². The van der Waals surface area contributed by atoms with Gasteiger partial charge in [-0.3, -0.25) is 14.3 Å². The maximum Gasteiger partial charge on any atom is 0.416 e. The van der Waals surface area contributed by atoms with Gasteiger partial charge in [-0.05, 0) is 54.7 Å². The number of halogens is 3. The SMILES string of the molecule is O=c1[nH]c(=S)n(-c2ccc(C(F)(F)F)cc2)c(O)c1C=C1C=c2ccccc2=N1. The lowest BCUT2D eigenvalue weighted by molar-refractivity contribution is -0.137. The van der Waals surface area contributed by atoms with Crippen LogP contribution in [0.4, 0.5) is 13.2 Å². The third-order valence-corrected chi connectivity index (χ3v) is 4.64. The van der Waals surface area contributed by atoms with Gasteiger partial charge in [-0.2, -0.15) is 13.2 Å². The van der Waals surface area contributed by atoms with E-state index >= 15 is 0 Å². The molecule has 0 radical (unpaired) electrons. The summed E-state index contributed by atoms with van der Waals surface area (Å²) in [5, 5.41) is 12.3. The molecule has 146 valence electrons. The van der Waals surface area contributed by atoms with Crippen LogP contribution >= 0.6 is 12.2 Å². The first-order valence-corrected chi connectivity index (χ1v) is 8.78. The van der Waals surface area contributed by atoms with Gasteiger partial charge in [-0.1, -0.05) is 18.2 Å². The summed E-state index contributed by atoms with van der Waals surface area (Å²) in [7, 11) is 0. The second-order valence-corrected chi connectivity index (χ2v) is 6.65. The maximum absolute atomic E-state index is 12.8. The molecule has 0 fully saturated rings. The molecule has 1 aromatic heterocycles. The van der Waals surface area contributed by atoms with Gasteiger partial charge in [0, 0.05) is 5.22 Å². The minimum atomic E-state index is -4.49. The van der Waals surface area contributed by atoms with Crippen molar-refractivity contribution < 1.29 is 18.3 Å². The number of para-hydroxylation sites is 1. The number of hydrogen-bond acceptors (Lipinski definition) is 4. The summed E-state index contributed by atoms with van der Waals surface area (Å²) < 4.78 is 39.3. The molecule has 4 rings (SSSR count). The Labute approximate surface area is 166 Å². The van der Waals surface area contributed by atoms with Crippen LogP contribution in [0.3, 0.4) is 0 Å². The maximum atomic E-state index is 12.8. The highest BCUT2D eigenvalue weighted by Crippen LogP contribution is 2.30. The third-order valence-electron chi connectivity index (χ3n) is 4.36. The Hall–Kier alpha value is -3.46. The Morgan fingerprint density at radius 2 is 1.79 bits per heavy atom. The molecule has 0 saturated heterocycles. The highest BCUT2D eigenvalue weighted by Gasteiger charge is 2.30. The molecule has 0 aliphatic carbocycles. The molecule has 0 spiro atoms. The van der Waals surface area contributed by atoms with E-state index in [1.165, 1.54) is 6.08 Å². The Bertz CT molecular complexity index is 1350. The molecule has 9 heteroatoms. The van der Waals surface area contributed by atoms with Crippen LogP contribution in [0.5, 0.6) is 5.88 Å². The molecule has 2 N–H and O–H groups in total. The summed E-state index contributed by atoms with van der Waals surface area (Å²) in [5.74, 6) is -0.495. The molecule has 2 aromatic carbocycles. The van der Waals surface area contributed by atoms with E-state index in [9.17, 15) is 23.1 Å². The van der Waals surface area contributed by atoms with Crippen molar-refractivity contribution in [1.82, 2.24) is 9.55 Å². The van der Waals surface area contributed by atoms with Crippen molar-refractivity contribution in [3.63, 3.8) is 0 Å². The molecule has 3 aromatic rings. The van der Waals surface area contributed by atoms with Crippen LogP contribution < -0.4 is 16.1 Å². The van der Waals surface area contributed by atoms with Gasteiger partial charge in [0.05, 0.1) is 22.3 Å². The topological polar surface area (TPSA) is 70.4 Å². The first-order valence-electron chi connectivity index (χ1n) is 8.37. The number of alkyl halides is 3. The van der Waals surface area contributed by atoms with Gasteiger partial charge in [-0.25, -0.2) is 4.99 Å². The zero-order valence-corrected chi connectivity index (χ0v) is 15.4. The minimum Gasteiger partial charge on any atom is -0.494 e. The molecule has 0 amide bonds. The van der Waals surface area contributed by atoms with Crippen LogP contribution in [-0.2, 0) is 6.18 Å². The fourth-order valence-electron chi connectivity index (χ4n) is 2.97. The van der Waals surface area contributed by atoms with Crippen molar-refractivity contribution >= 4 is 24.4 Å². The number of aromatic nitrogens is 2. The quantitative estimate of drug-likeness (QED) is 0.632. The second-order valence-electron chi connectivity index (χ2n) is 6.26. The molecular formula is C20H12F3N3O2S. The van der Waals surface area contributed by atoms with Crippen LogP contribution in [0.15, 0.2) is 64.0 Å². The zero-order valence-electron chi connectivity index (χ0n) is 14.6. The molecule has 1 aliphatic rings. The summed E-state index contributed by atoms with van der Waals surface area (Å²) in [6, 6.07) is 11.4. The number of nitrogens with zero attached hydrogens (tertiary/aromatic N) is 2. The number of benzene rings is 2. The molecule has 1 aliphatic heterocycles. The van der Waals surface area contributed by atoms with Gasteiger partial charge >= 0.3 is 6.18 Å². The highest BCUT2D eigenvalue weighted by molar-refractivity contribution is 7.71. The fraction of sp³-hybridized carbons (Fsp3) is 0.0500. The summed E-state index contributed by atoms with van der Waals surface area (Å²) in [5.41, 5.74) is -0.963. The van der Waals surface area contributed by atoms with Crippen LogP contribution in [0.1, 0.15) is 11.1 Å². The summed E-state index contributed by atoms with van der Waals surface area (Å²) in [4.78, 5) is 19.1. The largest absolute Gasteiger partial charge is 0.494 e. The van der Waals surface area contributed by atoms with E-state index in [0.717, 1.165) is 39.4 Å². The predicted molar refractivity (Wildman–Crippen MR) is 104 cm³/mol. The number of fused-ring (bicyclic) bond motifs is 1. The van der Waals surface area contributed by atoms with E-state index in [2.05, 4.69) is 9.98 Å². The molecule has 5 nitrogen and oxygen atoms in total.